The zero-order valence-electron chi connectivity index (χ0n) is 17.7. The summed E-state index contributed by atoms with van der Waals surface area (Å²) in [4.78, 5) is 17.8. The van der Waals surface area contributed by atoms with Crippen LogP contribution in [0.5, 0.6) is 0 Å². The molecule has 1 aromatic rings. The van der Waals surface area contributed by atoms with E-state index in [0.29, 0.717) is 44.3 Å². The van der Waals surface area contributed by atoms with Gasteiger partial charge in [0.1, 0.15) is 11.7 Å². The lowest BCUT2D eigenvalue weighted by molar-refractivity contribution is -0.137. The smallest absolute Gasteiger partial charge is 0.416 e. The van der Waals surface area contributed by atoms with Crippen LogP contribution in [0.1, 0.15) is 38.0 Å². The Bertz CT molecular complexity index is 748. The highest BCUT2D eigenvalue weighted by Crippen LogP contribution is 2.32. The Balaban J connectivity index is 1.90. The SMILES string of the molecule is CN=C(NCCNC(=O)OC(C)(C)C)N1CCOC(c2cccc(C(F)(F)F)c2)C1. The number of alkyl halides is 3. The maximum atomic E-state index is 13.0. The summed E-state index contributed by atoms with van der Waals surface area (Å²) in [5.41, 5.74) is -0.798. The van der Waals surface area contributed by atoms with Crippen LogP contribution >= 0.6 is 0 Å². The Morgan fingerprint density at radius 2 is 1.97 bits per heavy atom. The maximum Gasteiger partial charge on any atom is 0.416 e. The molecule has 0 bridgehead atoms. The number of ether oxygens (including phenoxy) is 2. The van der Waals surface area contributed by atoms with E-state index in [4.69, 9.17) is 9.47 Å². The second-order valence-corrected chi connectivity index (χ2v) is 7.83. The van der Waals surface area contributed by atoms with Crippen LogP contribution in [0.15, 0.2) is 29.3 Å². The van der Waals surface area contributed by atoms with Crippen molar-refractivity contribution in [3.8, 4) is 0 Å². The number of rotatable bonds is 4. The number of nitrogens with one attached hydrogen (secondary N) is 2. The van der Waals surface area contributed by atoms with Crippen LogP contribution in [0, 0.1) is 0 Å². The molecule has 1 aliphatic rings. The molecule has 1 atom stereocenters. The number of carbonyl (C=O) groups is 1. The quantitative estimate of drug-likeness (QED) is 0.436. The van der Waals surface area contributed by atoms with E-state index in [9.17, 15) is 18.0 Å². The maximum absolute atomic E-state index is 13.0. The van der Waals surface area contributed by atoms with E-state index < -0.39 is 29.5 Å². The van der Waals surface area contributed by atoms with Crippen molar-refractivity contribution in [2.75, 3.05) is 39.8 Å². The van der Waals surface area contributed by atoms with Crippen molar-refractivity contribution in [2.24, 2.45) is 4.99 Å². The molecule has 0 saturated carbocycles. The molecule has 2 N–H and O–H groups in total. The Hall–Kier alpha value is -2.49. The molecular formula is C20H29F3N4O3. The molecule has 1 saturated heterocycles. The molecule has 0 aromatic heterocycles. The first-order valence-electron chi connectivity index (χ1n) is 9.71. The lowest BCUT2D eigenvalue weighted by atomic mass is 10.0. The van der Waals surface area contributed by atoms with Gasteiger partial charge in [-0.25, -0.2) is 4.79 Å². The molecule has 10 heteroatoms. The van der Waals surface area contributed by atoms with Crippen molar-refractivity contribution in [1.29, 1.82) is 0 Å². The third kappa shape index (κ3) is 7.40. The van der Waals surface area contributed by atoms with Crippen LogP contribution in [0.3, 0.4) is 0 Å². The first-order valence-corrected chi connectivity index (χ1v) is 9.71. The summed E-state index contributed by atoms with van der Waals surface area (Å²) >= 11 is 0. The van der Waals surface area contributed by atoms with Crippen LogP contribution in [0.2, 0.25) is 0 Å². The predicted octanol–water partition coefficient (Wildman–Crippen LogP) is 3.18. The summed E-state index contributed by atoms with van der Waals surface area (Å²) in [6.07, 6.45) is -5.40. The molecular weight excluding hydrogens is 401 g/mol. The number of guanidine groups is 1. The summed E-state index contributed by atoms with van der Waals surface area (Å²) in [5, 5.41) is 5.78. The van der Waals surface area contributed by atoms with E-state index in [0.717, 1.165) is 12.1 Å². The van der Waals surface area contributed by atoms with E-state index in [-0.39, 0.29) is 0 Å². The molecule has 168 valence electrons. The standard InChI is InChI=1S/C20H29F3N4O3/c1-19(2,3)30-18(28)26-9-8-25-17(24-4)27-10-11-29-16(13-27)14-6-5-7-15(12-14)20(21,22)23/h5-7,12,16H,8-11,13H2,1-4H3,(H,24,25)(H,26,28). The summed E-state index contributed by atoms with van der Waals surface area (Å²) in [5.74, 6) is 0.585. The molecule has 1 amide bonds. The average Bonchev–Trinajstić information content (AvgIpc) is 2.66. The summed E-state index contributed by atoms with van der Waals surface area (Å²) < 4.78 is 49.9. The van der Waals surface area contributed by atoms with Gasteiger partial charge in [0.2, 0.25) is 0 Å². The molecule has 0 spiro atoms. The van der Waals surface area contributed by atoms with Crippen molar-refractivity contribution in [3.05, 3.63) is 35.4 Å². The Morgan fingerprint density at radius 1 is 1.27 bits per heavy atom. The van der Waals surface area contributed by atoms with Gasteiger partial charge in [0, 0.05) is 26.7 Å². The van der Waals surface area contributed by atoms with Crippen molar-refractivity contribution in [3.63, 3.8) is 0 Å². The summed E-state index contributed by atoms with van der Waals surface area (Å²) in [6, 6.07) is 5.18. The number of hydrogen-bond donors (Lipinski definition) is 2. The Morgan fingerprint density at radius 3 is 2.60 bits per heavy atom. The van der Waals surface area contributed by atoms with Gasteiger partial charge in [-0.1, -0.05) is 12.1 Å². The fourth-order valence-corrected chi connectivity index (χ4v) is 2.94. The molecule has 1 aliphatic heterocycles. The first-order chi connectivity index (χ1) is 14.0. The third-order valence-electron chi connectivity index (χ3n) is 4.24. The Kier molecular flexibility index (Phi) is 7.94. The van der Waals surface area contributed by atoms with Gasteiger partial charge in [-0.15, -0.1) is 0 Å². The van der Waals surface area contributed by atoms with Crippen LogP contribution in [0.4, 0.5) is 18.0 Å². The van der Waals surface area contributed by atoms with Gasteiger partial charge in [0.05, 0.1) is 18.7 Å². The second-order valence-electron chi connectivity index (χ2n) is 7.83. The van der Waals surface area contributed by atoms with Crippen LogP contribution in [0.25, 0.3) is 0 Å². The average molecular weight is 430 g/mol. The van der Waals surface area contributed by atoms with Gasteiger partial charge in [-0.2, -0.15) is 13.2 Å². The monoisotopic (exact) mass is 430 g/mol. The largest absolute Gasteiger partial charge is 0.444 e. The number of aliphatic imine (C=N–C) groups is 1. The number of nitrogens with zero attached hydrogens (tertiary/aromatic N) is 2. The van der Waals surface area contributed by atoms with Crippen LogP contribution in [-0.4, -0.2) is 62.4 Å². The van der Waals surface area contributed by atoms with Crippen LogP contribution in [-0.2, 0) is 15.7 Å². The topological polar surface area (TPSA) is 75.2 Å². The molecule has 1 heterocycles. The lowest BCUT2D eigenvalue weighted by Crippen LogP contribution is -2.49. The Labute approximate surface area is 174 Å². The van der Waals surface area contributed by atoms with E-state index in [2.05, 4.69) is 15.6 Å². The molecule has 7 nitrogen and oxygen atoms in total. The molecule has 2 rings (SSSR count). The number of morpholine rings is 1. The summed E-state index contributed by atoms with van der Waals surface area (Å²) in [6.45, 7) is 7.36. The summed E-state index contributed by atoms with van der Waals surface area (Å²) in [7, 11) is 1.62. The number of amides is 1. The lowest BCUT2D eigenvalue weighted by Gasteiger charge is -2.35. The van der Waals surface area contributed by atoms with E-state index in [1.807, 2.05) is 4.90 Å². The highest BCUT2D eigenvalue weighted by atomic mass is 19.4. The number of halogens is 3. The van der Waals surface area contributed by atoms with Gasteiger partial charge in [0.15, 0.2) is 5.96 Å². The van der Waals surface area contributed by atoms with E-state index in [1.165, 1.54) is 6.07 Å². The highest BCUT2D eigenvalue weighted by molar-refractivity contribution is 5.80. The van der Waals surface area contributed by atoms with Crippen molar-refractivity contribution in [1.82, 2.24) is 15.5 Å². The number of carbonyl (C=O) groups excluding carboxylic acids is 1. The van der Waals surface area contributed by atoms with Crippen LogP contribution < -0.4 is 10.6 Å². The first kappa shape index (κ1) is 23.8. The minimum absolute atomic E-state index is 0.329. The fraction of sp³-hybridized carbons (Fsp3) is 0.600. The van der Waals surface area contributed by atoms with Crippen molar-refractivity contribution < 1.29 is 27.4 Å². The van der Waals surface area contributed by atoms with Gasteiger partial charge in [0.25, 0.3) is 0 Å². The normalized spacial score (nSPS) is 18.2. The van der Waals surface area contributed by atoms with Gasteiger partial charge in [-0.05, 0) is 38.5 Å². The minimum Gasteiger partial charge on any atom is -0.444 e. The second kappa shape index (κ2) is 10.0. The molecule has 0 aliphatic carbocycles. The number of benzene rings is 1. The zero-order valence-corrected chi connectivity index (χ0v) is 17.7. The third-order valence-corrected chi connectivity index (χ3v) is 4.24. The minimum atomic E-state index is -4.40. The van der Waals surface area contributed by atoms with E-state index in [1.54, 1.807) is 33.9 Å². The van der Waals surface area contributed by atoms with Gasteiger partial charge in [-0.3, -0.25) is 4.99 Å². The molecule has 1 fully saturated rings. The van der Waals surface area contributed by atoms with Gasteiger partial charge < -0.3 is 25.0 Å². The van der Waals surface area contributed by atoms with Gasteiger partial charge >= 0.3 is 12.3 Å². The zero-order chi connectivity index (χ0) is 22.4. The highest BCUT2D eigenvalue weighted by Gasteiger charge is 2.32. The van der Waals surface area contributed by atoms with E-state index >= 15 is 0 Å². The predicted molar refractivity (Wildman–Crippen MR) is 107 cm³/mol. The molecule has 30 heavy (non-hydrogen) atoms. The molecule has 1 aromatic carbocycles. The number of alkyl carbamates (subject to hydrolysis) is 1. The van der Waals surface area contributed by atoms with Crippen molar-refractivity contribution >= 4 is 12.1 Å². The number of hydrogen-bond acceptors (Lipinski definition) is 4. The fourth-order valence-electron chi connectivity index (χ4n) is 2.94. The molecule has 0 radical (unpaired) electrons. The molecule has 1 unspecified atom stereocenters. The van der Waals surface area contributed by atoms with Crippen molar-refractivity contribution in [2.45, 2.75) is 38.7 Å².